The predicted octanol–water partition coefficient (Wildman–Crippen LogP) is 2.54. The Labute approximate surface area is 165 Å². The van der Waals surface area contributed by atoms with E-state index in [1.165, 1.54) is 19.1 Å². The Bertz CT molecular complexity index is 922. The lowest BCUT2D eigenvalue weighted by Crippen LogP contribution is -2.32. The average Bonchev–Trinajstić information content (AvgIpc) is 2.63. The Morgan fingerprint density at radius 3 is 2.07 bits per heavy atom. The monoisotopic (exact) mass is 404 g/mol. The second-order valence-corrected chi connectivity index (χ2v) is 8.22. The van der Waals surface area contributed by atoms with Crippen molar-refractivity contribution in [1.29, 1.82) is 0 Å². The van der Waals surface area contributed by atoms with Crippen molar-refractivity contribution in [3.05, 3.63) is 59.7 Å². The van der Waals surface area contributed by atoms with E-state index in [-0.39, 0.29) is 17.9 Å². The third-order valence-corrected chi connectivity index (χ3v) is 5.43. The average molecular weight is 404 g/mol. The summed E-state index contributed by atoms with van der Waals surface area (Å²) >= 11 is 0. The van der Waals surface area contributed by atoms with Gasteiger partial charge in [0.1, 0.15) is 0 Å². The molecular weight excluding hydrogens is 380 g/mol. The van der Waals surface area contributed by atoms with Crippen LogP contribution in [0, 0.1) is 13.8 Å². The fourth-order valence-corrected chi connectivity index (χ4v) is 3.31. The first-order valence-corrected chi connectivity index (χ1v) is 10.3. The summed E-state index contributed by atoms with van der Waals surface area (Å²) in [6, 6.07) is 13.6. The van der Waals surface area contributed by atoms with E-state index in [2.05, 4.69) is 10.0 Å². The van der Waals surface area contributed by atoms with Crippen molar-refractivity contribution < 1.29 is 22.7 Å². The number of hydrogen-bond acceptors (Lipinski definition) is 5. The fraction of sp³-hybridized carbons (Fsp3) is 0.300. The number of ether oxygens (including phenoxy) is 1. The highest BCUT2D eigenvalue weighted by Crippen LogP contribution is 2.11. The molecule has 2 aromatic carbocycles. The maximum Gasteiger partial charge on any atom is 0.307 e. The Morgan fingerprint density at radius 1 is 0.964 bits per heavy atom. The molecule has 0 saturated carbocycles. The van der Waals surface area contributed by atoms with Crippen LogP contribution in [0.5, 0.6) is 0 Å². The summed E-state index contributed by atoms with van der Waals surface area (Å²) < 4.78 is 31.7. The molecule has 8 heteroatoms. The van der Waals surface area contributed by atoms with Crippen molar-refractivity contribution >= 4 is 27.6 Å². The van der Waals surface area contributed by atoms with E-state index in [9.17, 15) is 18.0 Å². The Kier molecular flexibility index (Phi) is 7.31. The number of sulfonamides is 1. The van der Waals surface area contributed by atoms with Gasteiger partial charge in [-0.05, 0) is 45.0 Å². The van der Waals surface area contributed by atoms with Crippen molar-refractivity contribution in [2.24, 2.45) is 0 Å². The zero-order valence-electron chi connectivity index (χ0n) is 16.1. The molecular formula is C20H24N2O5S. The first-order chi connectivity index (χ1) is 13.2. The molecule has 0 heterocycles. The molecule has 7 nitrogen and oxygen atoms in total. The number of rotatable bonds is 8. The summed E-state index contributed by atoms with van der Waals surface area (Å²) in [6.45, 7) is 5.12. The van der Waals surface area contributed by atoms with Crippen LogP contribution in [0.3, 0.4) is 0 Å². The predicted molar refractivity (Wildman–Crippen MR) is 106 cm³/mol. The number of esters is 1. The van der Waals surface area contributed by atoms with Gasteiger partial charge in [-0.2, -0.15) is 0 Å². The molecule has 0 aliphatic rings. The lowest BCUT2D eigenvalue weighted by Gasteiger charge is -2.14. The van der Waals surface area contributed by atoms with Crippen LogP contribution in [0.4, 0.5) is 5.69 Å². The molecule has 1 atom stereocenters. The second kappa shape index (κ2) is 9.48. The summed E-state index contributed by atoms with van der Waals surface area (Å²) in [6.07, 6.45) is -1.18. The van der Waals surface area contributed by atoms with E-state index in [1.807, 2.05) is 26.0 Å². The molecule has 0 fully saturated rings. The molecule has 0 unspecified atom stereocenters. The minimum Gasteiger partial charge on any atom is -0.452 e. The largest absolute Gasteiger partial charge is 0.452 e. The third-order valence-electron chi connectivity index (χ3n) is 3.95. The minimum absolute atomic E-state index is 0.123. The first-order valence-electron chi connectivity index (χ1n) is 8.81. The van der Waals surface area contributed by atoms with Crippen molar-refractivity contribution in [1.82, 2.24) is 4.72 Å². The summed E-state index contributed by atoms with van der Waals surface area (Å²) in [7, 11) is -3.70. The zero-order valence-corrected chi connectivity index (χ0v) is 16.9. The lowest BCUT2D eigenvalue weighted by molar-refractivity contribution is -0.152. The van der Waals surface area contributed by atoms with Crippen LogP contribution in [0.15, 0.2) is 53.4 Å². The van der Waals surface area contributed by atoms with Gasteiger partial charge in [0.25, 0.3) is 5.91 Å². The van der Waals surface area contributed by atoms with Gasteiger partial charge in [0.05, 0.1) is 11.3 Å². The number of hydrogen-bond donors (Lipinski definition) is 2. The molecule has 2 rings (SSSR count). The van der Waals surface area contributed by atoms with Crippen molar-refractivity contribution in [3.63, 3.8) is 0 Å². The summed E-state index contributed by atoms with van der Waals surface area (Å²) in [5.41, 5.74) is 2.61. The molecule has 0 radical (unpaired) electrons. The van der Waals surface area contributed by atoms with E-state index in [0.29, 0.717) is 5.69 Å². The van der Waals surface area contributed by atoms with Crippen LogP contribution in [0.25, 0.3) is 0 Å². The van der Waals surface area contributed by atoms with Gasteiger partial charge >= 0.3 is 5.97 Å². The van der Waals surface area contributed by atoms with Crippen LogP contribution in [-0.4, -0.2) is 32.9 Å². The van der Waals surface area contributed by atoms with Crippen molar-refractivity contribution in [2.45, 2.75) is 38.2 Å². The first kappa shape index (κ1) is 21.6. The molecule has 0 bridgehead atoms. The van der Waals surface area contributed by atoms with Gasteiger partial charge in [0, 0.05) is 12.2 Å². The van der Waals surface area contributed by atoms with Crippen molar-refractivity contribution in [2.75, 3.05) is 11.9 Å². The summed E-state index contributed by atoms with van der Waals surface area (Å²) in [5.74, 6) is -1.13. The molecule has 0 aliphatic heterocycles. The number of benzene rings is 2. The van der Waals surface area contributed by atoms with Gasteiger partial charge < -0.3 is 10.1 Å². The van der Waals surface area contributed by atoms with E-state index in [1.54, 1.807) is 24.3 Å². The summed E-state index contributed by atoms with van der Waals surface area (Å²) in [4.78, 5) is 24.1. The van der Waals surface area contributed by atoms with Gasteiger partial charge in [-0.3, -0.25) is 9.59 Å². The van der Waals surface area contributed by atoms with E-state index in [4.69, 9.17) is 4.74 Å². The van der Waals surface area contributed by atoms with Gasteiger partial charge in [-0.15, -0.1) is 0 Å². The minimum atomic E-state index is -3.70. The number of amides is 1. The van der Waals surface area contributed by atoms with Crippen LogP contribution in [-0.2, 0) is 24.3 Å². The van der Waals surface area contributed by atoms with Gasteiger partial charge in [0.15, 0.2) is 6.10 Å². The highest BCUT2D eigenvalue weighted by Gasteiger charge is 2.19. The number of nitrogens with one attached hydrogen (secondary N) is 2. The Hall–Kier alpha value is -2.71. The zero-order chi connectivity index (χ0) is 20.7. The van der Waals surface area contributed by atoms with Crippen LogP contribution in [0.2, 0.25) is 0 Å². The number of aryl methyl sites for hydroxylation is 2. The topological polar surface area (TPSA) is 102 Å². The van der Waals surface area contributed by atoms with Crippen LogP contribution < -0.4 is 10.0 Å². The molecule has 150 valence electrons. The normalized spacial score (nSPS) is 12.2. The standard InChI is InChI=1S/C20H24N2O5S/c1-14-4-8-17(9-5-14)22-20(24)16(3)27-19(23)12-13-21-28(25,26)18-10-6-15(2)7-11-18/h4-11,16,21H,12-13H2,1-3H3,(H,22,24)/t16-/m0/s1. The summed E-state index contributed by atoms with van der Waals surface area (Å²) in [5, 5.41) is 2.65. The SMILES string of the molecule is Cc1ccc(NC(=O)[C@H](C)OC(=O)CCNS(=O)(=O)c2ccc(C)cc2)cc1. The van der Waals surface area contributed by atoms with Crippen molar-refractivity contribution in [3.8, 4) is 0 Å². The van der Waals surface area contributed by atoms with Crippen LogP contribution in [0.1, 0.15) is 24.5 Å². The highest BCUT2D eigenvalue weighted by molar-refractivity contribution is 7.89. The maximum absolute atomic E-state index is 12.2. The molecule has 0 aliphatic carbocycles. The molecule has 0 aromatic heterocycles. The maximum atomic E-state index is 12.2. The molecule has 0 saturated heterocycles. The van der Waals surface area contributed by atoms with Gasteiger partial charge in [-0.25, -0.2) is 13.1 Å². The molecule has 0 spiro atoms. The smallest absolute Gasteiger partial charge is 0.307 e. The number of carbonyl (C=O) groups excluding carboxylic acids is 2. The molecule has 28 heavy (non-hydrogen) atoms. The fourth-order valence-electron chi connectivity index (χ4n) is 2.28. The quantitative estimate of drug-likeness (QED) is 0.659. The second-order valence-electron chi connectivity index (χ2n) is 6.45. The Morgan fingerprint density at radius 2 is 1.50 bits per heavy atom. The highest BCUT2D eigenvalue weighted by atomic mass is 32.2. The molecule has 1 amide bonds. The van der Waals surface area contributed by atoms with E-state index < -0.39 is 28.0 Å². The van der Waals surface area contributed by atoms with E-state index >= 15 is 0 Å². The Balaban J connectivity index is 1.78. The van der Waals surface area contributed by atoms with E-state index in [0.717, 1.165) is 11.1 Å². The number of carbonyl (C=O) groups is 2. The molecule has 2 N–H and O–H groups in total. The van der Waals surface area contributed by atoms with Gasteiger partial charge in [-0.1, -0.05) is 35.4 Å². The number of anilines is 1. The molecule has 2 aromatic rings. The lowest BCUT2D eigenvalue weighted by atomic mass is 10.2. The van der Waals surface area contributed by atoms with Gasteiger partial charge in [0.2, 0.25) is 10.0 Å². The van der Waals surface area contributed by atoms with Crippen LogP contribution >= 0.6 is 0 Å². The third kappa shape index (κ3) is 6.47.